The second-order valence-corrected chi connectivity index (χ2v) is 5.89. The summed E-state index contributed by atoms with van der Waals surface area (Å²) >= 11 is 3.54. The molecule has 1 saturated carbocycles. The van der Waals surface area contributed by atoms with Crippen LogP contribution >= 0.6 is 15.9 Å². The van der Waals surface area contributed by atoms with Crippen LogP contribution < -0.4 is 0 Å². The Hall–Kier alpha value is -0.930. The van der Waals surface area contributed by atoms with Gasteiger partial charge in [0.2, 0.25) is 0 Å². The Morgan fingerprint density at radius 1 is 1.22 bits per heavy atom. The quantitative estimate of drug-likeness (QED) is 0.901. The molecule has 2 aromatic rings. The highest BCUT2D eigenvalue weighted by Crippen LogP contribution is 2.38. The normalized spacial score (nSPS) is 18.3. The third-order valence-electron chi connectivity index (χ3n) is 3.83. The van der Waals surface area contributed by atoms with Crippen LogP contribution in [0, 0.1) is 5.92 Å². The molecule has 1 unspecified atom stereocenters. The van der Waals surface area contributed by atoms with Gasteiger partial charge in [0, 0.05) is 9.86 Å². The smallest absolute Gasteiger partial charge is 0.0999 e. The second kappa shape index (κ2) is 4.98. The lowest BCUT2D eigenvalue weighted by molar-refractivity contribution is 0.107. The first-order chi connectivity index (χ1) is 8.75. The molecule has 3 heteroatoms. The van der Waals surface area contributed by atoms with Gasteiger partial charge in [-0.2, -0.15) is 0 Å². The fourth-order valence-corrected chi connectivity index (χ4v) is 3.38. The molecule has 1 aromatic carbocycles. The van der Waals surface area contributed by atoms with Crippen molar-refractivity contribution in [1.29, 1.82) is 0 Å². The number of fused-ring (bicyclic) bond motifs is 1. The lowest BCUT2D eigenvalue weighted by Crippen LogP contribution is -2.11. The van der Waals surface area contributed by atoms with Gasteiger partial charge in [-0.15, -0.1) is 0 Å². The molecule has 0 bridgehead atoms. The molecule has 0 radical (unpaired) electrons. The third kappa shape index (κ3) is 2.17. The van der Waals surface area contributed by atoms with Crippen LogP contribution in [0.3, 0.4) is 0 Å². The van der Waals surface area contributed by atoms with E-state index in [4.69, 9.17) is 0 Å². The Balaban J connectivity index is 2.02. The summed E-state index contributed by atoms with van der Waals surface area (Å²) in [5, 5.41) is 11.6. The first-order valence-electron chi connectivity index (χ1n) is 6.49. The van der Waals surface area contributed by atoms with Crippen molar-refractivity contribution in [3.8, 4) is 0 Å². The molecular weight excluding hydrogens is 290 g/mol. The number of para-hydroxylation sites is 1. The maximum Gasteiger partial charge on any atom is 0.0999 e. The zero-order valence-electron chi connectivity index (χ0n) is 10.1. The van der Waals surface area contributed by atoms with Crippen molar-refractivity contribution < 1.29 is 5.11 Å². The van der Waals surface area contributed by atoms with Crippen molar-refractivity contribution in [3.05, 3.63) is 40.5 Å². The first kappa shape index (κ1) is 12.1. The molecule has 1 aliphatic rings. The molecule has 1 fully saturated rings. The summed E-state index contributed by atoms with van der Waals surface area (Å²) in [6.07, 6.45) is 4.25. The molecule has 1 aromatic heterocycles. The predicted molar refractivity (Wildman–Crippen MR) is 76.4 cm³/mol. The van der Waals surface area contributed by atoms with Gasteiger partial charge in [-0.25, -0.2) is 4.98 Å². The number of benzene rings is 1. The van der Waals surface area contributed by atoms with Crippen molar-refractivity contribution >= 4 is 26.8 Å². The van der Waals surface area contributed by atoms with Crippen LogP contribution in [0.15, 0.2) is 34.8 Å². The number of aliphatic hydroxyl groups excluding tert-OH is 1. The number of hydrogen-bond donors (Lipinski definition) is 1. The van der Waals surface area contributed by atoms with E-state index in [1.165, 1.54) is 12.8 Å². The van der Waals surface area contributed by atoms with Gasteiger partial charge in [0.25, 0.3) is 0 Å². The van der Waals surface area contributed by atoms with Crippen LogP contribution in [0.1, 0.15) is 37.5 Å². The highest BCUT2D eigenvalue weighted by Gasteiger charge is 2.27. The monoisotopic (exact) mass is 305 g/mol. The first-order valence-corrected chi connectivity index (χ1v) is 7.28. The minimum Gasteiger partial charge on any atom is -0.386 e. The third-order valence-corrected chi connectivity index (χ3v) is 4.47. The molecular formula is C15H16BrNO. The number of hydrogen-bond acceptors (Lipinski definition) is 2. The molecule has 0 spiro atoms. The van der Waals surface area contributed by atoms with E-state index in [-0.39, 0.29) is 0 Å². The summed E-state index contributed by atoms with van der Waals surface area (Å²) in [4.78, 5) is 4.62. The van der Waals surface area contributed by atoms with Crippen molar-refractivity contribution in [2.24, 2.45) is 5.92 Å². The summed E-state index contributed by atoms with van der Waals surface area (Å²) < 4.78 is 0.917. The molecule has 1 aliphatic carbocycles. The van der Waals surface area contributed by atoms with E-state index in [2.05, 4.69) is 27.0 Å². The zero-order chi connectivity index (χ0) is 12.5. The number of nitrogens with zero attached hydrogens (tertiary/aromatic N) is 1. The second-order valence-electron chi connectivity index (χ2n) is 5.04. The summed E-state index contributed by atoms with van der Waals surface area (Å²) in [7, 11) is 0. The molecule has 0 amide bonds. The van der Waals surface area contributed by atoms with E-state index >= 15 is 0 Å². The highest BCUT2D eigenvalue weighted by molar-refractivity contribution is 9.10. The van der Waals surface area contributed by atoms with E-state index in [0.29, 0.717) is 5.92 Å². The fourth-order valence-electron chi connectivity index (χ4n) is 2.81. The molecule has 2 nitrogen and oxygen atoms in total. The average Bonchev–Trinajstić information content (AvgIpc) is 2.91. The Morgan fingerprint density at radius 3 is 2.72 bits per heavy atom. The fraction of sp³-hybridized carbons (Fsp3) is 0.400. The minimum absolute atomic E-state index is 0.370. The molecule has 3 rings (SSSR count). The van der Waals surface area contributed by atoms with Gasteiger partial charge in [-0.3, -0.25) is 0 Å². The van der Waals surface area contributed by atoms with E-state index in [1.54, 1.807) is 0 Å². The van der Waals surface area contributed by atoms with Crippen molar-refractivity contribution in [3.63, 3.8) is 0 Å². The van der Waals surface area contributed by atoms with Crippen molar-refractivity contribution in [2.75, 3.05) is 0 Å². The lowest BCUT2D eigenvalue weighted by atomic mass is 9.97. The van der Waals surface area contributed by atoms with Gasteiger partial charge in [-0.05, 0) is 46.8 Å². The van der Waals surface area contributed by atoms with Gasteiger partial charge in [0.1, 0.15) is 0 Å². The molecule has 1 heterocycles. The molecule has 1 atom stereocenters. The van der Waals surface area contributed by atoms with Crippen LogP contribution in [0.25, 0.3) is 10.9 Å². The molecule has 18 heavy (non-hydrogen) atoms. The zero-order valence-corrected chi connectivity index (χ0v) is 11.7. The highest BCUT2D eigenvalue weighted by atomic mass is 79.9. The van der Waals surface area contributed by atoms with Crippen LogP contribution in [0.2, 0.25) is 0 Å². The van der Waals surface area contributed by atoms with E-state index in [9.17, 15) is 5.11 Å². The van der Waals surface area contributed by atoms with Crippen LogP contribution in [0.5, 0.6) is 0 Å². The summed E-state index contributed by atoms with van der Waals surface area (Å²) in [5.41, 5.74) is 1.74. The molecule has 1 N–H and O–H groups in total. The number of halogens is 1. The van der Waals surface area contributed by atoms with Gasteiger partial charge in [0.05, 0.1) is 17.3 Å². The molecule has 0 saturated heterocycles. The maximum absolute atomic E-state index is 10.5. The van der Waals surface area contributed by atoms with Crippen molar-refractivity contribution in [1.82, 2.24) is 4.98 Å². The number of aromatic nitrogens is 1. The summed E-state index contributed by atoms with van der Waals surface area (Å²) in [6.45, 7) is 0. The van der Waals surface area contributed by atoms with Gasteiger partial charge in [-0.1, -0.05) is 31.0 Å². The average molecular weight is 306 g/mol. The van der Waals surface area contributed by atoms with Crippen LogP contribution in [-0.4, -0.2) is 10.1 Å². The number of rotatable bonds is 2. The van der Waals surface area contributed by atoms with Crippen LogP contribution in [-0.2, 0) is 0 Å². The SMILES string of the molecule is OC(c1nc2ccccc2cc1Br)C1CCCC1. The largest absolute Gasteiger partial charge is 0.386 e. The van der Waals surface area contributed by atoms with Gasteiger partial charge >= 0.3 is 0 Å². The number of pyridine rings is 1. The minimum atomic E-state index is -0.438. The maximum atomic E-state index is 10.5. The summed E-state index contributed by atoms with van der Waals surface area (Å²) in [6, 6.07) is 10.1. The van der Waals surface area contributed by atoms with Gasteiger partial charge in [0.15, 0.2) is 0 Å². The Labute approximate surface area is 115 Å². The lowest BCUT2D eigenvalue weighted by Gasteiger charge is -2.18. The van der Waals surface area contributed by atoms with E-state index in [1.807, 2.05) is 24.3 Å². The Bertz CT molecular complexity index is 563. The van der Waals surface area contributed by atoms with Crippen molar-refractivity contribution in [2.45, 2.75) is 31.8 Å². The molecule has 0 aliphatic heterocycles. The van der Waals surface area contributed by atoms with E-state index < -0.39 is 6.10 Å². The topological polar surface area (TPSA) is 33.1 Å². The summed E-state index contributed by atoms with van der Waals surface area (Å²) in [5.74, 6) is 0.370. The predicted octanol–water partition coefficient (Wildman–Crippen LogP) is 4.22. The van der Waals surface area contributed by atoms with Crippen LogP contribution in [0.4, 0.5) is 0 Å². The van der Waals surface area contributed by atoms with E-state index in [0.717, 1.165) is 33.9 Å². The Kier molecular flexibility index (Phi) is 3.35. The number of aliphatic hydroxyl groups is 1. The Morgan fingerprint density at radius 2 is 1.94 bits per heavy atom. The standard InChI is InChI=1S/C15H16BrNO/c16-12-9-11-7-3-4-8-13(11)17-14(12)15(18)10-5-1-2-6-10/h3-4,7-10,15,18H,1-2,5-6H2. The van der Waals surface area contributed by atoms with Gasteiger partial charge < -0.3 is 5.11 Å². The molecule has 94 valence electrons.